The van der Waals surface area contributed by atoms with Gasteiger partial charge in [0.25, 0.3) is 5.91 Å². The van der Waals surface area contributed by atoms with Crippen molar-refractivity contribution in [3.63, 3.8) is 0 Å². The summed E-state index contributed by atoms with van der Waals surface area (Å²) in [6.07, 6.45) is 1.64. The summed E-state index contributed by atoms with van der Waals surface area (Å²) < 4.78 is 5.02. The number of nitrogens with zero attached hydrogens (tertiary/aromatic N) is 2. The van der Waals surface area contributed by atoms with Crippen molar-refractivity contribution >= 4 is 11.6 Å². The van der Waals surface area contributed by atoms with Gasteiger partial charge in [-0.3, -0.25) is 4.79 Å². The van der Waals surface area contributed by atoms with Crippen LogP contribution in [0, 0.1) is 0 Å². The van der Waals surface area contributed by atoms with E-state index in [-0.39, 0.29) is 11.9 Å². The lowest BCUT2D eigenvalue weighted by Crippen LogP contribution is -2.38. The third-order valence-corrected chi connectivity index (χ3v) is 2.66. The van der Waals surface area contributed by atoms with Gasteiger partial charge in [0.05, 0.1) is 24.5 Å². The predicted octanol–water partition coefficient (Wildman–Crippen LogP) is 1.23. The van der Waals surface area contributed by atoms with Crippen molar-refractivity contribution in [1.82, 2.24) is 9.88 Å². The maximum absolute atomic E-state index is 12.0. The van der Waals surface area contributed by atoms with Crippen LogP contribution in [0.4, 0.5) is 5.69 Å². The second-order valence-electron chi connectivity index (χ2n) is 3.90. The summed E-state index contributed by atoms with van der Waals surface area (Å²) in [5.74, 6) is -0.0998. The molecule has 0 fully saturated rings. The minimum absolute atomic E-state index is 0.0262. The Hall–Kier alpha value is -1.62. The number of ether oxygens (including phenoxy) is 1. The van der Waals surface area contributed by atoms with Crippen molar-refractivity contribution in [3.05, 3.63) is 24.0 Å². The van der Waals surface area contributed by atoms with Crippen molar-refractivity contribution in [1.29, 1.82) is 0 Å². The van der Waals surface area contributed by atoms with Crippen molar-refractivity contribution in [2.75, 3.05) is 33.1 Å². The Morgan fingerprint density at radius 2 is 2.29 bits per heavy atom. The molecule has 0 saturated heterocycles. The Morgan fingerprint density at radius 1 is 1.59 bits per heavy atom. The van der Waals surface area contributed by atoms with Gasteiger partial charge in [-0.25, -0.2) is 4.98 Å². The number of amides is 1. The third kappa shape index (κ3) is 3.42. The Kier molecular flexibility index (Phi) is 4.90. The second kappa shape index (κ2) is 6.20. The lowest BCUT2D eigenvalue weighted by atomic mass is 10.2. The number of carbonyl (C=O) groups is 1. The van der Waals surface area contributed by atoms with E-state index in [1.807, 2.05) is 20.0 Å². The zero-order chi connectivity index (χ0) is 12.8. The van der Waals surface area contributed by atoms with Crippen LogP contribution < -0.4 is 5.32 Å². The molecule has 1 amide bonds. The SMILES string of the molecule is CNc1ccc(C(=O)N(C)C(C)COC)nc1. The number of carbonyl (C=O) groups excluding carboxylic acids is 1. The molecule has 5 heteroatoms. The minimum Gasteiger partial charge on any atom is -0.387 e. The number of likely N-dealkylation sites (N-methyl/N-ethyl adjacent to an activating group) is 1. The van der Waals surface area contributed by atoms with E-state index < -0.39 is 0 Å². The minimum atomic E-state index is -0.0998. The van der Waals surface area contributed by atoms with Crippen molar-refractivity contribution in [3.8, 4) is 0 Å². The summed E-state index contributed by atoms with van der Waals surface area (Å²) in [6, 6.07) is 3.57. The van der Waals surface area contributed by atoms with Crippen LogP contribution in [0.5, 0.6) is 0 Å². The normalized spacial score (nSPS) is 12.0. The fourth-order valence-electron chi connectivity index (χ4n) is 1.40. The molecule has 0 saturated carbocycles. The summed E-state index contributed by atoms with van der Waals surface area (Å²) in [7, 11) is 5.18. The zero-order valence-electron chi connectivity index (χ0n) is 10.7. The molecule has 1 rings (SSSR count). The van der Waals surface area contributed by atoms with Crippen LogP contribution in [0.15, 0.2) is 18.3 Å². The number of hydrogen-bond acceptors (Lipinski definition) is 4. The quantitative estimate of drug-likeness (QED) is 0.837. The molecule has 0 aliphatic rings. The van der Waals surface area contributed by atoms with Crippen molar-refractivity contribution in [2.24, 2.45) is 0 Å². The standard InChI is InChI=1S/C12H19N3O2/c1-9(8-17-4)15(3)12(16)11-6-5-10(13-2)7-14-11/h5-7,9,13H,8H2,1-4H3. The molecule has 0 radical (unpaired) electrons. The molecule has 1 aromatic rings. The van der Waals surface area contributed by atoms with Gasteiger partial charge in [0.15, 0.2) is 0 Å². The van der Waals surface area contributed by atoms with Crippen LogP contribution in [0.2, 0.25) is 0 Å². The monoisotopic (exact) mass is 237 g/mol. The highest BCUT2D eigenvalue weighted by atomic mass is 16.5. The van der Waals surface area contributed by atoms with E-state index in [0.717, 1.165) is 5.69 Å². The fraction of sp³-hybridized carbons (Fsp3) is 0.500. The van der Waals surface area contributed by atoms with Gasteiger partial charge in [-0.15, -0.1) is 0 Å². The molecule has 1 heterocycles. The number of nitrogens with one attached hydrogen (secondary N) is 1. The van der Waals surface area contributed by atoms with Crippen LogP contribution in [0.3, 0.4) is 0 Å². The van der Waals surface area contributed by atoms with E-state index in [4.69, 9.17) is 4.74 Å². The maximum Gasteiger partial charge on any atom is 0.272 e. The van der Waals surface area contributed by atoms with E-state index in [1.165, 1.54) is 0 Å². The number of anilines is 1. The molecule has 5 nitrogen and oxygen atoms in total. The highest BCUT2D eigenvalue weighted by molar-refractivity contribution is 5.92. The zero-order valence-corrected chi connectivity index (χ0v) is 10.7. The lowest BCUT2D eigenvalue weighted by Gasteiger charge is -2.23. The largest absolute Gasteiger partial charge is 0.387 e. The first-order valence-electron chi connectivity index (χ1n) is 5.50. The Bertz CT molecular complexity index is 365. The van der Waals surface area contributed by atoms with E-state index >= 15 is 0 Å². The molecule has 0 aromatic carbocycles. The summed E-state index contributed by atoms with van der Waals surface area (Å²) in [4.78, 5) is 17.8. The van der Waals surface area contributed by atoms with Gasteiger partial charge in [0, 0.05) is 21.2 Å². The molecule has 1 aromatic heterocycles. The summed E-state index contributed by atoms with van der Waals surface area (Å²) in [5, 5.41) is 2.96. The Balaban J connectivity index is 2.74. The van der Waals surface area contributed by atoms with Gasteiger partial charge in [-0.2, -0.15) is 0 Å². The number of pyridine rings is 1. The molecular weight excluding hydrogens is 218 g/mol. The first-order valence-corrected chi connectivity index (χ1v) is 5.50. The van der Waals surface area contributed by atoms with Gasteiger partial charge in [-0.05, 0) is 19.1 Å². The maximum atomic E-state index is 12.0. The molecule has 1 N–H and O–H groups in total. The third-order valence-electron chi connectivity index (χ3n) is 2.66. The molecule has 1 atom stereocenters. The second-order valence-corrected chi connectivity index (χ2v) is 3.90. The molecule has 17 heavy (non-hydrogen) atoms. The van der Waals surface area contributed by atoms with Crippen molar-refractivity contribution < 1.29 is 9.53 Å². The molecule has 0 aliphatic heterocycles. The number of aromatic nitrogens is 1. The Labute approximate surface area is 102 Å². The lowest BCUT2D eigenvalue weighted by molar-refractivity contribution is 0.0628. The van der Waals surface area contributed by atoms with Crippen molar-refractivity contribution in [2.45, 2.75) is 13.0 Å². The van der Waals surface area contributed by atoms with E-state index in [1.54, 1.807) is 31.3 Å². The van der Waals surface area contributed by atoms with E-state index in [0.29, 0.717) is 12.3 Å². The summed E-state index contributed by atoms with van der Waals surface area (Å²) in [6.45, 7) is 2.44. The highest BCUT2D eigenvalue weighted by Gasteiger charge is 2.18. The van der Waals surface area contributed by atoms with Crippen LogP contribution in [0.1, 0.15) is 17.4 Å². The molecule has 0 aliphatic carbocycles. The van der Waals surface area contributed by atoms with Crippen LogP contribution in [-0.2, 0) is 4.74 Å². The summed E-state index contributed by atoms with van der Waals surface area (Å²) >= 11 is 0. The molecular formula is C12H19N3O2. The average Bonchev–Trinajstić information content (AvgIpc) is 2.37. The number of methoxy groups -OCH3 is 1. The molecule has 1 unspecified atom stereocenters. The highest BCUT2D eigenvalue weighted by Crippen LogP contribution is 2.08. The predicted molar refractivity (Wildman–Crippen MR) is 67.2 cm³/mol. The van der Waals surface area contributed by atoms with Crippen LogP contribution >= 0.6 is 0 Å². The van der Waals surface area contributed by atoms with Gasteiger partial charge in [-0.1, -0.05) is 0 Å². The molecule has 0 bridgehead atoms. The number of rotatable bonds is 5. The van der Waals surface area contributed by atoms with Crippen LogP contribution in [0.25, 0.3) is 0 Å². The van der Waals surface area contributed by atoms with Gasteiger partial charge in [0.2, 0.25) is 0 Å². The topological polar surface area (TPSA) is 54.5 Å². The van der Waals surface area contributed by atoms with Gasteiger partial charge in [0.1, 0.15) is 5.69 Å². The smallest absolute Gasteiger partial charge is 0.272 e. The van der Waals surface area contributed by atoms with E-state index in [9.17, 15) is 4.79 Å². The summed E-state index contributed by atoms with van der Waals surface area (Å²) in [5.41, 5.74) is 1.32. The first-order chi connectivity index (χ1) is 8.10. The number of hydrogen-bond donors (Lipinski definition) is 1. The molecule has 94 valence electrons. The molecule has 0 spiro atoms. The Morgan fingerprint density at radius 3 is 2.76 bits per heavy atom. The van der Waals surface area contributed by atoms with Crippen LogP contribution in [-0.4, -0.2) is 49.6 Å². The fourth-order valence-corrected chi connectivity index (χ4v) is 1.40. The van der Waals surface area contributed by atoms with Gasteiger partial charge < -0.3 is 15.0 Å². The van der Waals surface area contributed by atoms with E-state index in [2.05, 4.69) is 10.3 Å². The first kappa shape index (κ1) is 13.4. The average molecular weight is 237 g/mol. The van der Waals surface area contributed by atoms with Gasteiger partial charge >= 0.3 is 0 Å².